The van der Waals surface area contributed by atoms with Gasteiger partial charge in [-0.25, -0.2) is 4.39 Å². The van der Waals surface area contributed by atoms with Crippen molar-refractivity contribution in [3.63, 3.8) is 0 Å². The van der Waals surface area contributed by atoms with Gasteiger partial charge in [-0.3, -0.25) is 9.48 Å². The molecule has 0 N–H and O–H groups in total. The molecule has 0 fully saturated rings. The van der Waals surface area contributed by atoms with Gasteiger partial charge in [0.05, 0.1) is 16.7 Å². The first-order chi connectivity index (χ1) is 8.08. The lowest BCUT2D eigenvalue weighted by atomic mass is 10.1. The number of aryl methyl sites for hydroxylation is 1. The fraction of sp³-hybridized carbons (Fsp3) is 0.167. The fourth-order valence-corrected chi connectivity index (χ4v) is 2.56. The Morgan fingerprint density at radius 3 is 2.82 bits per heavy atom. The Morgan fingerprint density at radius 2 is 2.24 bits per heavy atom. The van der Waals surface area contributed by atoms with E-state index in [1.807, 2.05) is 13.2 Å². The van der Waals surface area contributed by atoms with E-state index in [0.717, 1.165) is 4.90 Å². The van der Waals surface area contributed by atoms with Crippen molar-refractivity contribution in [2.75, 3.05) is 0 Å². The Morgan fingerprint density at radius 1 is 1.47 bits per heavy atom. The van der Waals surface area contributed by atoms with Crippen LogP contribution in [-0.4, -0.2) is 15.6 Å². The Bertz CT molecular complexity index is 565. The molecule has 0 aliphatic heterocycles. The maximum absolute atomic E-state index is 13.6. The third kappa shape index (κ3) is 2.55. The Hall–Kier alpha value is -1.62. The van der Waals surface area contributed by atoms with Crippen molar-refractivity contribution in [1.82, 2.24) is 9.78 Å². The van der Waals surface area contributed by atoms with Gasteiger partial charge >= 0.3 is 0 Å². The van der Waals surface area contributed by atoms with Crippen LogP contribution in [0.15, 0.2) is 40.4 Å². The van der Waals surface area contributed by atoms with Crippen LogP contribution in [-0.2, 0) is 7.05 Å². The molecule has 0 saturated heterocycles. The van der Waals surface area contributed by atoms with Gasteiger partial charge in [-0.1, -0.05) is 17.8 Å². The summed E-state index contributed by atoms with van der Waals surface area (Å²) in [6.07, 6.45) is 3.50. The summed E-state index contributed by atoms with van der Waals surface area (Å²) < 4.78 is 15.2. The zero-order chi connectivity index (χ0) is 12.4. The summed E-state index contributed by atoms with van der Waals surface area (Å²) in [7, 11) is 1.81. The molecule has 0 aliphatic rings. The van der Waals surface area contributed by atoms with E-state index in [9.17, 15) is 9.18 Å². The van der Waals surface area contributed by atoms with E-state index in [0.29, 0.717) is 4.90 Å². The molecule has 0 aliphatic carbocycles. The maximum Gasteiger partial charge on any atom is 0.163 e. The van der Waals surface area contributed by atoms with Crippen molar-refractivity contribution in [3.8, 4) is 0 Å². The molecule has 1 aromatic heterocycles. The normalized spacial score (nSPS) is 10.5. The molecule has 0 bridgehead atoms. The molecular formula is C12H11FN2OS. The summed E-state index contributed by atoms with van der Waals surface area (Å²) in [6.45, 7) is 1.37. The van der Waals surface area contributed by atoms with Gasteiger partial charge in [0.25, 0.3) is 0 Å². The Balaban J connectivity index is 2.39. The predicted octanol–water partition coefficient (Wildman–Crippen LogP) is 2.91. The lowest BCUT2D eigenvalue weighted by molar-refractivity contribution is 0.101. The number of benzene rings is 1. The highest BCUT2D eigenvalue weighted by atomic mass is 32.2. The molecule has 2 rings (SSSR count). The Kier molecular flexibility index (Phi) is 3.28. The number of aromatic nitrogens is 2. The van der Waals surface area contributed by atoms with Gasteiger partial charge in [0.2, 0.25) is 0 Å². The first-order valence-electron chi connectivity index (χ1n) is 5.04. The van der Waals surface area contributed by atoms with Gasteiger partial charge < -0.3 is 0 Å². The van der Waals surface area contributed by atoms with Gasteiger partial charge in [-0.05, 0) is 19.1 Å². The van der Waals surface area contributed by atoms with Crippen LogP contribution in [0.2, 0.25) is 0 Å². The van der Waals surface area contributed by atoms with E-state index in [4.69, 9.17) is 0 Å². The maximum atomic E-state index is 13.6. The lowest BCUT2D eigenvalue weighted by Gasteiger charge is -2.05. The molecule has 1 heterocycles. The molecule has 0 radical (unpaired) electrons. The average Bonchev–Trinajstić information content (AvgIpc) is 2.63. The molecule has 88 valence electrons. The number of ketones is 1. The highest BCUT2D eigenvalue weighted by Gasteiger charge is 2.14. The van der Waals surface area contributed by atoms with Gasteiger partial charge in [-0.15, -0.1) is 0 Å². The van der Waals surface area contributed by atoms with Crippen LogP contribution in [0.4, 0.5) is 4.39 Å². The quantitative estimate of drug-likeness (QED) is 0.786. The predicted molar refractivity (Wildman–Crippen MR) is 63.7 cm³/mol. The van der Waals surface area contributed by atoms with Gasteiger partial charge in [0.1, 0.15) is 5.82 Å². The smallest absolute Gasteiger partial charge is 0.163 e. The molecule has 3 nitrogen and oxygen atoms in total. The fourth-order valence-electron chi connectivity index (χ4n) is 1.51. The van der Waals surface area contributed by atoms with Gasteiger partial charge in [0.15, 0.2) is 5.78 Å². The molecule has 0 spiro atoms. The number of carbonyl (C=O) groups excluding carboxylic acids is 1. The largest absolute Gasteiger partial charge is 0.294 e. The summed E-state index contributed by atoms with van der Waals surface area (Å²) in [5.41, 5.74) is 0.140. The van der Waals surface area contributed by atoms with Gasteiger partial charge in [0, 0.05) is 18.1 Å². The highest BCUT2D eigenvalue weighted by molar-refractivity contribution is 7.99. The van der Waals surface area contributed by atoms with Crippen LogP contribution in [0, 0.1) is 5.82 Å². The summed E-state index contributed by atoms with van der Waals surface area (Å²) in [5.74, 6) is -0.749. The third-order valence-electron chi connectivity index (χ3n) is 2.24. The molecule has 0 amide bonds. The minimum atomic E-state index is -0.480. The topological polar surface area (TPSA) is 34.9 Å². The summed E-state index contributed by atoms with van der Waals surface area (Å²) in [6, 6.07) is 4.63. The molecule has 0 saturated carbocycles. The third-order valence-corrected chi connectivity index (χ3v) is 3.24. The van der Waals surface area contributed by atoms with Crippen molar-refractivity contribution in [3.05, 3.63) is 42.0 Å². The minimum absolute atomic E-state index is 0.140. The molecule has 17 heavy (non-hydrogen) atoms. The zero-order valence-electron chi connectivity index (χ0n) is 9.48. The van der Waals surface area contributed by atoms with E-state index < -0.39 is 5.82 Å². The summed E-state index contributed by atoms with van der Waals surface area (Å²) in [4.78, 5) is 12.9. The van der Waals surface area contributed by atoms with E-state index in [1.165, 1.54) is 24.8 Å². The van der Waals surface area contributed by atoms with Crippen molar-refractivity contribution < 1.29 is 9.18 Å². The molecule has 5 heteroatoms. The van der Waals surface area contributed by atoms with Gasteiger partial charge in [-0.2, -0.15) is 5.10 Å². The van der Waals surface area contributed by atoms with Crippen LogP contribution >= 0.6 is 11.8 Å². The highest BCUT2D eigenvalue weighted by Crippen LogP contribution is 2.31. The second kappa shape index (κ2) is 4.71. The summed E-state index contributed by atoms with van der Waals surface area (Å²) >= 11 is 1.33. The Labute approximate surface area is 103 Å². The van der Waals surface area contributed by atoms with Crippen molar-refractivity contribution in [2.45, 2.75) is 16.7 Å². The van der Waals surface area contributed by atoms with Crippen molar-refractivity contribution in [1.29, 1.82) is 0 Å². The van der Waals surface area contributed by atoms with Crippen LogP contribution in [0.5, 0.6) is 0 Å². The van der Waals surface area contributed by atoms with E-state index in [-0.39, 0.29) is 11.3 Å². The van der Waals surface area contributed by atoms with Crippen LogP contribution in [0.1, 0.15) is 17.3 Å². The number of nitrogens with zero attached hydrogens (tertiary/aromatic N) is 2. The van der Waals surface area contributed by atoms with E-state index in [2.05, 4.69) is 5.10 Å². The number of Topliss-reactive ketones (excluding diaryl/α,β-unsaturated/α-hetero) is 1. The molecule has 1 aromatic carbocycles. The van der Waals surface area contributed by atoms with E-state index in [1.54, 1.807) is 23.0 Å². The molecule has 2 aromatic rings. The number of hydrogen-bond donors (Lipinski definition) is 0. The molecule has 0 atom stereocenters. The number of halogens is 1. The monoisotopic (exact) mass is 250 g/mol. The average molecular weight is 250 g/mol. The van der Waals surface area contributed by atoms with Crippen LogP contribution < -0.4 is 0 Å². The standard InChI is InChI=1S/C12H11FN2OS/c1-8(16)12-10(13)4-3-5-11(12)17-9-6-14-15(2)7-9/h3-7H,1-2H3. The second-order valence-electron chi connectivity index (χ2n) is 3.62. The first kappa shape index (κ1) is 11.9. The van der Waals surface area contributed by atoms with E-state index >= 15 is 0 Å². The molecule has 0 unspecified atom stereocenters. The SMILES string of the molecule is CC(=O)c1c(F)cccc1Sc1cnn(C)c1. The minimum Gasteiger partial charge on any atom is -0.294 e. The molecular weight excluding hydrogens is 239 g/mol. The number of carbonyl (C=O) groups is 1. The zero-order valence-corrected chi connectivity index (χ0v) is 10.3. The number of hydrogen-bond acceptors (Lipinski definition) is 3. The van der Waals surface area contributed by atoms with Crippen molar-refractivity contribution in [2.24, 2.45) is 7.05 Å². The summed E-state index contributed by atoms with van der Waals surface area (Å²) in [5, 5.41) is 4.03. The van der Waals surface area contributed by atoms with Crippen molar-refractivity contribution >= 4 is 17.5 Å². The lowest BCUT2D eigenvalue weighted by Crippen LogP contribution is -1.99. The first-order valence-corrected chi connectivity index (χ1v) is 5.85. The van der Waals surface area contributed by atoms with Crippen LogP contribution in [0.25, 0.3) is 0 Å². The van der Waals surface area contributed by atoms with Crippen LogP contribution in [0.3, 0.4) is 0 Å². The second-order valence-corrected chi connectivity index (χ2v) is 4.74. The number of rotatable bonds is 3.